The summed E-state index contributed by atoms with van der Waals surface area (Å²) < 4.78 is 5.69. The third-order valence-corrected chi connectivity index (χ3v) is 5.50. The molecular weight excluding hydrogens is 404 g/mol. The van der Waals surface area contributed by atoms with Crippen molar-refractivity contribution < 1.29 is 14.3 Å². The van der Waals surface area contributed by atoms with Crippen LogP contribution in [0.5, 0.6) is 5.75 Å². The number of ether oxygens (including phenoxy) is 1. The summed E-state index contributed by atoms with van der Waals surface area (Å²) in [5.74, 6) is 0.351. The SMILES string of the molecule is COc1cccc(/C=C2/SC(=S)N(CCNC(=O)/C=C/c3ccccc3)C2=O)c1. The first kappa shape index (κ1) is 20.8. The van der Waals surface area contributed by atoms with Crippen LogP contribution in [0.15, 0.2) is 65.6 Å². The minimum absolute atomic E-state index is 0.156. The molecule has 7 heteroatoms. The molecule has 2 aromatic carbocycles. The number of hydrogen-bond acceptors (Lipinski definition) is 5. The molecule has 0 saturated carbocycles. The lowest BCUT2D eigenvalue weighted by Gasteiger charge is -2.14. The first-order valence-corrected chi connectivity index (χ1v) is 10.2. The van der Waals surface area contributed by atoms with Crippen molar-refractivity contribution in [2.45, 2.75) is 0 Å². The van der Waals surface area contributed by atoms with Gasteiger partial charge in [-0.2, -0.15) is 0 Å². The van der Waals surface area contributed by atoms with Crippen molar-refractivity contribution in [3.63, 3.8) is 0 Å². The molecule has 0 bridgehead atoms. The van der Waals surface area contributed by atoms with Crippen LogP contribution in [0.1, 0.15) is 11.1 Å². The highest BCUT2D eigenvalue weighted by Crippen LogP contribution is 2.32. The molecule has 0 aromatic heterocycles. The molecule has 1 saturated heterocycles. The van der Waals surface area contributed by atoms with Gasteiger partial charge in [0.15, 0.2) is 0 Å². The van der Waals surface area contributed by atoms with Crippen LogP contribution in [-0.2, 0) is 9.59 Å². The largest absolute Gasteiger partial charge is 0.497 e. The number of amides is 2. The lowest BCUT2D eigenvalue weighted by Crippen LogP contribution is -2.36. The number of rotatable bonds is 7. The fourth-order valence-corrected chi connectivity index (χ4v) is 3.97. The van der Waals surface area contributed by atoms with Gasteiger partial charge in [0.05, 0.1) is 12.0 Å². The monoisotopic (exact) mass is 424 g/mol. The van der Waals surface area contributed by atoms with Gasteiger partial charge in [-0.25, -0.2) is 0 Å². The van der Waals surface area contributed by atoms with E-state index in [1.807, 2.05) is 54.6 Å². The second-order valence-corrected chi connectivity index (χ2v) is 7.82. The van der Waals surface area contributed by atoms with Gasteiger partial charge in [-0.15, -0.1) is 0 Å². The Labute approximate surface area is 179 Å². The number of methoxy groups -OCH3 is 1. The Balaban J connectivity index is 1.54. The number of nitrogens with one attached hydrogen (secondary N) is 1. The maximum atomic E-state index is 12.7. The van der Waals surface area contributed by atoms with Gasteiger partial charge in [0.1, 0.15) is 10.1 Å². The Bertz CT molecular complexity index is 971. The van der Waals surface area contributed by atoms with Gasteiger partial charge in [0, 0.05) is 19.2 Å². The van der Waals surface area contributed by atoms with Crippen LogP contribution >= 0.6 is 24.0 Å². The molecule has 2 amide bonds. The van der Waals surface area contributed by atoms with E-state index in [4.69, 9.17) is 17.0 Å². The van der Waals surface area contributed by atoms with Gasteiger partial charge >= 0.3 is 0 Å². The van der Waals surface area contributed by atoms with Crippen molar-refractivity contribution in [1.29, 1.82) is 0 Å². The van der Waals surface area contributed by atoms with Crippen LogP contribution in [-0.4, -0.2) is 41.2 Å². The lowest BCUT2D eigenvalue weighted by molar-refractivity contribution is -0.122. The second kappa shape index (κ2) is 10.0. The summed E-state index contributed by atoms with van der Waals surface area (Å²) in [4.78, 5) is 26.7. The van der Waals surface area contributed by atoms with Gasteiger partial charge in [0.25, 0.3) is 5.91 Å². The fourth-order valence-electron chi connectivity index (χ4n) is 2.66. The molecular formula is C22H20N2O3S2. The number of thiocarbonyl (C=S) groups is 1. The first-order chi connectivity index (χ1) is 14.1. The Morgan fingerprint density at radius 2 is 1.93 bits per heavy atom. The molecule has 1 aliphatic rings. The van der Waals surface area contributed by atoms with Crippen molar-refractivity contribution in [3.8, 4) is 5.75 Å². The van der Waals surface area contributed by atoms with Crippen LogP contribution in [0, 0.1) is 0 Å². The molecule has 1 N–H and O–H groups in total. The summed E-state index contributed by atoms with van der Waals surface area (Å²) in [5.41, 5.74) is 1.81. The van der Waals surface area contributed by atoms with Crippen molar-refractivity contribution >= 4 is 52.3 Å². The number of thioether (sulfide) groups is 1. The Kier molecular flexibility index (Phi) is 7.21. The summed E-state index contributed by atoms with van der Waals surface area (Å²) in [6, 6.07) is 17.0. The Morgan fingerprint density at radius 3 is 2.69 bits per heavy atom. The van der Waals surface area contributed by atoms with E-state index < -0.39 is 0 Å². The van der Waals surface area contributed by atoms with Gasteiger partial charge < -0.3 is 10.1 Å². The van der Waals surface area contributed by atoms with Crippen molar-refractivity contribution in [2.24, 2.45) is 0 Å². The van der Waals surface area contributed by atoms with Gasteiger partial charge in [0.2, 0.25) is 5.91 Å². The van der Waals surface area contributed by atoms with E-state index in [1.54, 1.807) is 19.3 Å². The third kappa shape index (κ3) is 5.79. The summed E-state index contributed by atoms with van der Waals surface area (Å²) in [7, 11) is 1.60. The van der Waals surface area contributed by atoms with Crippen molar-refractivity contribution in [1.82, 2.24) is 10.2 Å². The zero-order chi connectivity index (χ0) is 20.6. The van der Waals surface area contributed by atoms with E-state index >= 15 is 0 Å². The number of benzene rings is 2. The zero-order valence-electron chi connectivity index (χ0n) is 15.8. The molecule has 5 nitrogen and oxygen atoms in total. The van der Waals surface area contributed by atoms with Gasteiger partial charge in [-0.3, -0.25) is 14.5 Å². The van der Waals surface area contributed by atoms with Crippen LogP contribution < -0.4 is 10.1 Å². The Morgan fingerprint density at radius 1 is 1.17 bits per heavy atom. The third-order valence-electron chi connectivity index (χ3n) is 4.13. The second-order valence-electron chi connectivity index (χ2n) is 6.15. The van der Waals surface area contributed by atoms with E-state index in [0.29, 0.717) is 22.3 Å². The molecule has 148 valence electrons. The quantitative estimate of drug-likeness (QED) is 0.542. The molecule has 0 aliphatic carbocycles. The molecule has 0 atom stereocenters. The molecule has 1 fully saturated rings. The van der Waals surface area contributed by atoms with E-state index in [-0.39, 0.29) is 11.8 Å². The molecule has 2 aromatic rings. The molecule has 29 heavy (non-hydrogen) atoms. The molecule has 1 aliphatic heterocycles. The smallest absolute Gasteiger partial charge is 0.266 e. The van der Waals surface area contributed by atoms with Crippen molar-refractivity contribution in [3.05, 3.63) is 76.7 Å². The predicted molar refractivity (Wildman–Crippen MR) is 121 cm³/mol. The topological polar surface area (TPSA) is 58.6 Å². The van der Waals surface area contributed by atoms with E-state index in [1.165, 1.54) is 22.7 Å². The molecule has 3 rings (SSSR count). The first-order valence-electron chi connectivity index (χ1n) is 8.97. The number of hydrogen-bond donors (Lipinski definition) is 1. The average molecular weight is 425 g/mol. The molecule has 0 unspecified atom stereocenters. The lowest BCUT2D eigenvalue weighted by atomic mass is 10.2. The Hall–Kier alpha value is -2.90. The van der Waals surface area contributed by atoms with E-state index in [9.17, 15) is 9.59 Å². The standard InChI is InChI=1S/C22H20N2O3S2/c1-27-18-9-5-8-17(14-18)15-19-21(26)24(22(28)29-19)13-12-23-20(25)11-10-16-6-3-2-4-7-16/h2-11,14-15H,12-13H2,1H3,(H,23,25)/b11-10+,19-15+. The highest BCUT2D eigenvalue weighted by atomic mass is 32.2. The fraction of sp³-hybridized carbons (Fsp3) is 0.136. The van der Waals surface area contributed by atoms with Crippen molar-refractivity contribution in [2.75, 3.05) is 20.2 Å². The summed E-state index contributed by atoms with van der Waals surface area (Å²) >= 11 is 6.59. The number of nitrogens with zero attached hydrogens (tertiary/aromatic N) is 1. The minimum Gasteiger partial charge on any atom is -0.497 e. The summed E-state index contributed by atoms with van der Waals surface area (Å²) in [5, 5.41) is 2.78. The number of carbonyl (C=O) groups is 2. The summed E-state index contributed by atoms with van der Waals surface area (Å²) in [6.45, 7) is 0.641. The van der Waals surface area contributed by atoms with Crippen LogP contribution in [0.2, 0.25) is 0 Å². The maximum absolute atomic E-state index is 12.7. The van der Waals surface area contributed by atoms with Crippen LogP contribution in [0.4, 0.5) is 0 Å². The number of carbonyl (C=O) groups excluding carboxylic acids is 2. The average Bonchev–Trinajstić information content (AvgIpc) is 3.00. The zero-order valence-corrected chi connectivity index (χ0v) is 17.5. The van der Waals surface area contributed by atoms with Crippen LogP contribution in [0.25, 0.3) is 12.2 Å². The van der Waals surface area contributed by atoms with Gasteiger partial charge in [-0.05, 0) is 35.4 Å². The van der Waals surface area contributed by atoms with E-state index in [2.05, 4.69) is 5.32 Å². The highest BCUT2D eigenvalue weighted by molar-refractivity contribution is 8.26. The van der Waals surface area contributed by atoms with Crippen LogP contribution in [0.3, 0.4) is 0 Å². The predicted octanol–water partition coefficient (Wildman–Crippen LogP) is 3.73. The normalized spacial score (nSPS) is 15.3. The molecule has 1 heterocycles. The van der Waals surface area contributed by atoms with Gasteiger partial charge in [-0.1, -0.05) is 66.4 Å². The minimum atomic E-state index is -0.216. The highest BCUT2D eigenvalue weighted by Gasteiger charge is 2.31. The maximum Gasteiger partial charge on any atom is 0.266 e. The molecule has 0 radical (unpaired) electrons. The van der Waals surface area contributed by atoms with E-state index in [0.717, 1.165) is 16.9 Å². The summed E-state index contributed by atoms with van der Waals surface area (Å²) in [6.07, 6.45) is 5.01. The molecule has 0 spiro atoms.